The quantitative estimate of drug-likeness (QED) is 0.808. The summed E-state index contributed by atoms with van der Waals surface area (Å²) in [6, 6.07) is 5.69. The molecule has 6 nitrogen and oxygen atoms in total. The van der Waals surface area contributed by atoms with E-state index in [1.165, 1.54) is 0 Å². The second-order valence-corrected chi connectivity index (χ2v) is 7.84. The molecule has 7 heteroatoms. The van der Waals surface area contributed by atoms with Crippen molar-refractivity contribution >= 4 is 29.3 Å². The van der Waals surface area contributed by atoms with Crippen molar-refractivity contribution in [2.75, 3.05) is 26.7 Å². The average molecular weight is 378 g/mol. The van der Waals surface area contributed by atoms with Gasteiger partial charge in [0.15, 0.2) is 0 Å². The monoisotopic (exact) mass is 377 g/mol. The molecule has 0 saturated carbocycles. The summed E-state index contributed by atoms with van der Waals surface area (Å²) in [5.74, 6) is 0.0743. The van der Waals surface area contributed by atoms with Crippen molar-refractivity contribution in [3.8, 4) is 0 Å². The lowest BCUT2D eigenvalue weighted by molar-refractivity contribution is -0.163. The fraction of sp³-hybridized carbons (Fsp3) is 0.526. The smallest absolute Gasteiger partial charge is 0.254 e. The van der Waals surface area contributed by atoms with Crippen LogP contribution in [0.25, 0.3) is 0 Å². The highest BCUT2D eigenvalue weighted by molar-refractivity contribution is 6.30. The summed E-state index contributed by atoms with van der Waals surface area (Å²) in [5.41, 5.74) is 0.531. The van der Waals surface area contributed by atoms with Crippen molar-refractivity contribution in [2.24, 2.45) is 5.92 Å². The second kappa shape index (κ2) is 7.27. The number of likely N-dealkylation sites (N-methyl/N-ethyl adjacent to an activating group) is 1. The molecule has 2 aliphatic rings. The number of carbonyl (C=O) groups is 3. The number of nitrogens with zero attached hydrogens (tertiary/aromatic N) is 3. The third kappa shape index (κ3) is 3.43. The Kier molecular flexibility index (Phi) is 5.23. The van der Waals surface area contributed by atoms with Gasteiger partial charge in [-0.1, -0.05) is 25.4 Å². The van der Waals surface area contributed by atoms with E-state index in [2.05, 4.69) is 0 Å². The molecular weight excluding hydrogens is 354 g/mol. The number of piperazine rings is 2. The van der Waals surface area contributed by atoms with E-state index in [0.717, 1.165) is 0 Å². The van der Waals surface area contributed by atoms with Crippen molar-refractivity contribution in [3.63, 3.8) is 0 Å². The number of carbonyl (C=O) groups excluding carboxylic acids is 3. The maximum absolute atomic E-state index is 12.8. The number of fused-ring (bicyclic) bond motifs is 1. The highest BCUT2D eigenvalue weighted by Gasteiger charge is 2.47. The number of amides is 3. The SMILES string of the molecule is CC(C)C[C@H]1C(=O)N2CCN(C(=O)c3ccc(Cl)cc3)C[C@@H]2C(=O)N1C. The maximum atomic E-state index is 12.8. The van der Waals surface area contributed by atoms with E-state index >= 15 is 0 Å². The Bertz CT molecular complexity index is 719. The van der Waals surface area contributed by atoms with Crippen LogP contribution in [0.3, 0.4) is 0 Å². The topological polar surface area (TPSA) is 60.9 Å². The molecule has 0 aromatic heterocycles. The minimum atomic E-state index is -0.596. The van der Waals surface area contributed by atoms with Crippen LogP contribution >= 0.6 is 11.6 Å². The zero-order valence-corrected chi connectivity index (χ0v) is 16.1. The molecule has 0 spiro atoms. The summed E-state index contributed by atoms with van der Waals surface area (Å²) in [6.07, 6.45) is 0.651. The van der Waals surface area contributed by atoms with Gasteiger partial charge in [-0.25, -0.2) is 0 Å². The van der Waals surface area contributed by atoms with Gasteiger partial charge in [-0.15, -0.1) is 0 Å². The van der Waals surface area contributed by atoms with Crippen molar-refractivity contribution in [1.29, 1.82) is 0 Å². The van der Waals surface area contributed by atoms with E-state index in [0.29, 0.717) is 36.0 Å². The van der Waals surface area contributed by atoms with Gasteiger partial charge in [-0.2, -0.15) is 0 Å². The van der Waals surface area contributed by atoms with Gasteiger partial charge < -0.3 is 14.7 Å². The minimum absolute atomic E-state index is 0.00982. The van der Waals surface area contributed by atoms with E-state index < -0.39 is 12.1 Å². The number of hydrogen-bond donors (Lipinski definition) is 0. The summed E-state index contributed by atoms with van der Waals surface area (Å²) >= 11 is 5.87. The van der Waals surface area contributed by atoms with E-state index in [4.69, 9.17) is 11.6 Å². The molecule has 2 fully saturated rings. The van der Waals surface area contributed by atoms with E-state index in [1.54, 1.807) is 46.0 Å². The molecule has 1 aromatic carbocycles. The van der Waals surface area contributed by atoms with Gasteiger partial charge in [-0.05, 0) is 36.6 Å². The fourth-order valence-corrected chi connectivity index (χ4v) is 3.79. The largest absolute Gasteiger partial charge is 0.334 e. The van der Waals surface area contributed by atoms with Crippen LogP contribution in [0, 0.1) is 5.92 Å². The highest BCUT2D eigenvalue weighted by Crippen LogP contribution is 2.25. The lowest BCUT2D eigenvalue weighted by atomic mass is 9.95. The highest BCUT2D eigenvalue weighted by atomic mass is 35.5. The van der Waals surface area contributed by atoms with Crippen LogP contribution in [0.4, 0.5) is 0 Å². The zero-order chi connectivity index (χ0) is 19.0. The van der Waals surface area contributed by atoms with Crippen molar-refractivity contribution in [1.82, 2.24) is 14.7 Å². The molecule has 0 unspecified atom stereocenters. The van der Waals surface area contributed by atoms with Gasteiger partial charge in [0.25, 0.3) is 5.91 Å². The molecule has 2 atom stereocenters. The van der Waals surface area contributed by atoms with Crippen LogP contribution in [-0.4, -0.2) is 71.2 Å². The van der Waals surface area contributed by atoms with Crippen LogP contribution in [0.1, 0.15) is 30.6 Å². The summed E-state index contributed by atoms with van der Waals surface area (Å²) in [5, 5.41) is 0.567. The molecule has 0 radical (unpaired) electrons. The lowest BCUT2D eigenvalue weighted by Gasteiger charge is -2.48. The van der Waals surface area contributed by atoms with Crippen LogP contribution < -0.4 is 0 Å². The predicted molar refractivity (Wildman–Crippen MR) is 98.9 cm³/mol. The Morgan fingerprint density at radius 2 is 1.81 bits per heavy atom. The number of benzene rings is 1. The normalized spacial score (nSPS) is 23.5. The van der Waals surface area contributed by atoms with E-state index in [1.807, 2.05) is 13.8 Å². The van der Waals surface area contributed by atoms with Crippen molar-refractivity contribution in [2.45, 2.75) is 32.4 Å². The van der Waals surface area contributed by atoms with E-state index in [-0.39, 0.29) is 24.3 Å². The number of halogens is 1. The summed E-state index contributed by atoms with van der Waals surface area (Å²) in [6.45, 7) is 5.12. The van der Waals surface area contributed by atoms with Gasteiger partial charge in [0.1, 0.15) is 12.1 Å². The van der Waals surface area contributed by atoms with Gasteiger partial charge in [0.2, 0.25) is 11.8 Å². The Morgan fingerprint density at radius 1 is 1.15 bits per heavy atom. The fourth-order valence-electron chi connectivity index (χ4n) is 3.67. The Morgan fingerprint density at radius 3 is 2.42 bits per heavy atom. The summed E-state index contributed by atoms with van der Waals surface area (Å²) in [7, 11) is 1.69. The first-order valence-electron chi connectivity index (χ1n) is 8.91. The van der Waals surface area contributed by atoms with E-state index in [9.17, 15) is 14.4 Å². The van der Waals surface area contributed by atoms with Gasteiger partial charge in [0.05, 0.1) is 6.54 Å². The van der Waals surface area contributed by atoms with Crippen LogP contribution in [-0.2, 0) is 9.59 Å². The van der Waals surface area contributed by atoms with Gasteiger partial charge in [0, 0.05) is 30.7 Å². The molecule has 2 heterocycles. The molecular formula is C19H24ClN3O3. The molecule has 2 saturated heterocycles. The van der Waals surface area contributed by atoms with Gasteiger partial charge >= 0.3 is 0 Å². The lowest BCUT2D eigenvalue weighted by Crippen LogP contribution is -2.69. The summed E-state index contributed by atoms with van der Waals surface area (Å²) in [4.78, 5) is 43.2. The van der Waals surface area contributed by atoms with Crippen molar-refractivity contribution < 1.29 is 14.4 Å². The molecule has 3 rings (SSSR count). The molecule has 3 amide bonds. The molecule has 26 heavy (non-hydrogen) atoms. The first-order chi connectivity index (χ1) is 12.3. The predicted octanol–water partition coefficient (Wildman–Crippen LogP) is 1.88. The molecule has 0 aliphatic carbocycles. The van der Waals surface area contributed by atoms with Crippen molar-refractivity contribution in [3.05, 3.63) is 34.9 Å². The third-order valence-corrected chi connectivity index (χ3v) is 5.37. The number of hydrogen-bond acceptors (Lipinski definition) is 3. The average Bonchev–Trinajstić information content (AvgIpc) is 2.63. The standard InChI is InChI=1S/C19H24ClN3O3/c1-12(2)10-15-19(26)23-9-8-22(11-16(23)18(25)21(15)3)17(24)13-4-6-14(20)7-5-13/h4-7,12,15-16H,8-11H2,1-3H3/t15-,16+/m0/s1. The molecule has 2 aliphatic heterocycles. The summed E-state index contributed by atoms with van der Waals surface area (Å²) < 4.78 is 0. The third-order valence-electron chi connectivity index (χ3n) is 5.12. The Labute approximate surface area is 158 Å². The minimum Gasteiger partial charge on any atom is -0.334 e. The molecule has 0 N–H and O–H groups in total. The first kappa shape index (κ1) is 18.7. The Balaban J connectivity index is 1.76. The second-order valence-electron chi connectivity index (χ2n) is 7.40. The van der Waals surface area contributed by atoms with Crippen LogP contribution in [0.2, 0.25) is 5.02 Å². The maximum Gasteiger partial charge on any atom is 0.254 e. The van der Waals surface area contributed by atoms with Crippen LogP contribution in [0.15, 0.2) is 24.3 Å². The first-order valence-corrected chi connectivity index (χ1v) is 9.29. The zero-order valence-electron chi connectivity index (χ0n) is 15.3. The Hall–Kier alpha value is -2.08. The van der Waals surface area contributed by atoms with Gasteiger partial charge in [-0.3, -0.25) is 14.4 Å². The number of rotatable bonds is 3. The molecule has 140 valence electrons. The van der Waals surface area contributed by atoms with Crippen LogP contribution in [0.5, 0.6) is 0 Å². The molecule has 1 aromatic rings. The molecule has 0 bridgehead atoms.